The van der Waals surface area contributed by atoms with E-state index in [4.69, 9.17) is 4.74 Å². The summed E-state index contributed by atoms with van der Waals surface area (Å²) in [5.41, 5.74) is 0.954. The molecule has 3 nitrogen and oxygen atoms in total. The monoisotopic (exact) mass is 293 g/mol. The smallest absolute Gasteiger partial charge is 0.118 e. The van der Waals surface area contributed by atoms with Crippen molar-refractivity contribution in [2.45, 2.75) is 52.7 Å². The van der Waals surface area contributed by atoms with E-state index in [1.807, 2.05) is 24.3 Å². The van der Waals surface area contributed by atoms with Crippen LogP contribution >= 0.6 is 0 Å². The highest BCUT2D eigenvalue weighted by atomic mass is 16.5. The maximum absolute atomic E-state index is 10.5. The minimum atomic E-state index is -0.449. The molecule has 0 aliphatic rings. The molecule has 1 aromatic rings. The number of methoxy groups -OCH3 is 1. The van der Waals surface area contributed by atoms with Crippen LogP contribution < -0.4 is 4.74 Å². The summed E-state index contributed by atoms with van der Waals surface area (Å²) in [7, 11) is 1.66. The van der Waals surface area contributed by atoms with Crippen LogP contribution in [-0.2, 0) is 0 Å². The first kappa shape index (κ1) is 18.0. The van der Waals surface area contributed by atoms with Crippen molar-refractivity contribution in [1.82, 2.24) is 4.90 Å². The molecule has 1 unspecified atom stereocenters. The molecule has 0 spiro atoms. The van der Waals surface area contributed by atoms with Gasteiger partial charge >= 0.3 is 0 Å². The van der Waals surface area contributed by atoms with Crippen LogP contribution in [0, 0.1) is 5.92 Å². The van der Waals surface area contributed by atoms with Crippen LogP contribution in [0.25, 0.3) is 0 Å². The van der Waals surface area contributed by atoms with Gasteiger partial charge in [0.1, 0.15) is 5.75 Å². The zero-order chi connectivity index (χ0) is 15.8. The standard InChI is InChI=1S/C18H31NO2/c1-6-16(7-2)19(12-14(3)4)13-18(20)15-8-10-17(21-5)11-9-15/h8-11,14,16,18,20H,6-7,12-13H2,1-5H3. The Morgan fingerprint density at radius 1 is 1.05 bits per heavy atom. The second kappa shape index (κ2) is 9.06. The van der Waals surface area contributed by atoms with E-state index in [0.29, 0.717) is 18.5 Å². The first-order valence-electron chi connectivity index (χ1n) is 8.07. The molecule has 21 heavy (non-hydrogen) atoms. The molecule has 1 rings (SSSR count). The van der Waals surface area contributed by atoms with Crippen LogP contribution in [0.3, 0.4) is 0 Å². The first-order valence-corrected chi connectivity index (χ1v) is 8.07. The van der Waals surface area contributed by atoms with Crippen molar-refractivity contribution in [2.24, 2.45) is 5.92 Å². The Labute approximate surface area is 129 Å². The Morgan fingerprint density at radius 2 is 1.62 bits per heavy atom. The van der Waals surface area contributed by atoms with Crippen molar-refractivity contribution in [1.29, 1.82) is 0 Å². The molecule has 0 saturated carbocycles. The van der Waals surface area contributed by atoms with Gasteiger partial charge in [0.05, 0.1) is 13.2 Å². The van der Waals surface area contributed by atoms with Crippen molar-refractivity contribution in [3.63, 3.8) is 0 Å². The van der Waals surface area contributed by atoms with E-state index in [0.717, 1.165) is 30.7 Å². The molecule has 0 aliphatic heterocycles. The Morgan fingerprint density at radius 3 is 2.05 bits per heavy atom. The molecule has 0 aromatic heterocycles. The molecule has 3 heteroatoms. The van der Waals surface area contributed by atoms with Gasteiger partial charge in [0.2, 0.25) is 0 Å². The third-order valence-corrected chi connectivity index (χ3v) is 3.97. The van der Waals surface area contributed by atoms with Crippen molar-refractivity contribution < 1.29 is 9.84 Å². The second-order valence-corrected chi connectivity index (χ2v) is 6.11. The second-order valence-electron chi connectivity index (χ2n) is 6.11. The van der Waals surface area contributed by atoms with Crippen LogP contribution in [-0.4, -0.2) is 36.2 Å². The summed E-state index contributed by atoms with van der Waals surface area (Å²) in [6.07, 6.45) is 1.80. The van der Waals surface area contributed by atoms with Crippen LogP contribution in [0.1, 0.15) is 52.2 Å². The Bertz CT molecular complexity index is 385. The van der Waals surface area contributed by atoms with Crippen LogP contribution in [0.4, 0.5) is 0 Å². The largest absolute Gasteiger partial charge is 0.497 e. The highest BCUT2D eigenvalue weighted by molar-refractivity contribution is 5.28. The molecule has 120 valence electrons. The van der Waals surface area contributed by atoms with Gasteiger partial charge in [-0.25, -0.2) is 0 Å². The molecule has 0 heterocycles. The van der Waals surface area contributed by atoms with E-state index < -0.39 is 6.10 Å². The fraction of sp³-hybridized carbons (Fsp3) is 0.667. The van der Waals surface area contributed by atoms with E-state index in [9.17, 15) is 5.11 Å². The summed E-state index contributed by atoms with van der Waals surface area (Å²) < 4.78 is 5.16. The maximum atomic E-state index is 10.5. The Hall–Kier alpha value is -1.06. The topological polar surface area (TPSA) is 32.7 Å². The number of aliphatic hydroxyl groups excluding tert-OH is 1. The summed E-state index contributed by atoms with van der Waals surface area (Å²) >= 11 is 0. The molecule has 0 aliphatic carbocycles. The molecule has 1 aromatic carbocycles. The van der Waals surface area contributed by atoms with E-state index in [2.05, 4.69) is 32.6 Å². The van der Waals surface area contributed by atoms with Crippen molar-refractivity contribution in [3.8, 4) is 5.75 Å². The van der Waals surface area contributed by atoms with Gasteiger partial charge in [0.25, 0.3) is 0 Å². The van der Waals surface area contributed by atoms with E-state index in [1.54, 1.807) is 7.11 Å². The molecule has 0 radical (unpaired) electrons. The van der Waals surface area contributed by atoms with Gasteiger partial charge in [0.15, 0.2) is 0 Å². The third-order valence-electron chi connectivity index (χ3n) is 3.97. The SMILES string of the molecule is CCC(CC)N(CC(C)C)CC(O)c1ccc(OC)cc1. The number of aliphatic hydroxyl groups is 1. The fourth-order valence-electron chi connectivity index (χ4n) is 2.80. The zero-order valence-electron chi connectivity index (χ0n) is 14.2. The molecular formula is C18H31NO2. The lowest BCUT2D eigenvalue weighted by Gasteiger charge is -2.33. The zero-order valence-corrected chi connectivity index (χ0v) is 14.2. The van der Waals surface area contributed by atoms with Gasteiger partial charge in [0, 0.05) is 19.1 Å². The fourth-order valence-corrected chi connectivity index (χ4v) is 2.80. The summed E-state index contributed by atoms with van der Waals surface area (Å²) in [4.78, 5) is 2.43. The van der Waals surface area contributed by atoms with Crippen LogP contribution in [0.5, 0.6) is 5.75 Å². The average Bonchev–Trinajstić information content (AvgIpc) is 2.47. The first-order chi connectivity index (χ1) is 10.0. The van der Waals surface area contributed by atoms with Crippen molar-refractivity contribution in [3.05, 3.63) is 29.8 Å². The van der Waals surface area contributed by atoms with E-state index in [1.165, 1.54) is 0 Å². The normalized spacial score (nSPS) is 13.2. The van der Waals surface area contributed by atoms with Gasteiger partial charge in [-0.1, -0.05) is 39.8 Å². The molecule has 1 atom stereocenters. The number of nitrogens with zero attached hydrogens (tertiary/aromatic N) is 1. The molecule has 1 N–H and O–H groups in total. The minimum Gasteiger partial charge on any atom is -0.497 e. The highest BCUT2D eigenvalue weighted by Gasteiger charge is 2.20. The molecule has 0 saturated heterocycles. The quantitative estimate of drug-likeness (QED) is 0.750. The van der Waals surface area contributed by atoms with Gasteiger partial charge in [-0.05, 0) is 36.5 Å². The molecule has 0 amide bonds. The predicted octanol–water partition coefficient (Wildman–Crippen LogP) is 3.88. The number of benzene rings is 1. The Balaban J connectivity index is 2.75. The maximum Gasteiger partial charge on any atom is 0.118 e. The lowest BCUT2D eigenvalue weighted by atomic mass is 10.0. The van der Waals surface area contributed by atoms with Crippen molar-refractivity contribution in [2.75, 3.05) is 20.2 Å². The number of hydrogen-bond acceptors (Lipinski definition) is 3. The lowest BCUT2D eigenvalue weighted by Crippen LogP contribution is -2.40. The summed E-state index contributed by atoms with van der Waals surface area (Å²) in [5.74, 6) is 1.43. The minimum absolute atomic E-state index is 0.449. The summed E-state index contributed by atoms with van der Waals surface area (Å²) in [6.45, 7) is 10.6. The van der Waals surface area contributed by atoms with Gasteiger partial charge in [-0.2, -0.15) is 0 Å². The van der Waals surface area contributed by atoms with Gasteiger partial charge in [-0.3, -0.25) is 4.90 Å². The highest BCUT2D eigenvalue weighted by Crippen LogP contribution is 2.21. The van der Waals surface area contributed by atoms with E-state index >= 15 is 0 Å². The molecule has 0 bridgehead atoms. The van der Waals surface area contributed by atoms with Gasteiger partial charge < -0.3 is 9.84 Å². The number of rotatable bonds is 9. The molecular weight excluding hydrogens is 262 g/mol. The average molecular weight is 293 g/mol. The van der Waals surface area contributed by atoms with Crippen LogP contribution in [0.15, 0.2) is 24.3 Å². The predicted molar refractivity (Wildman–Crippen MR) is 88.7 cm³/mol. The third kappa shape index (κ3) is 5.68. The lowest BCUT2D eigenvalue weighted by molar-refractivity contribution is 0.0750. The van der Waals surface area contributed by atoms with Gasteiger partial charge in [-0.15, -0.1) is 0 Å². The van der Waals surface area contributed by atoms with E-state index in [-0.39, 0.29) is 0 Å². The van der Waals surface area contributed by atoms with Crippen molar-refractivity contribution >= 4 is 0 Å². The Kier molecular flexibility index (Phi) is 7.76. The number of ether oxygens (including phenoxy) is 1. The molecule has 0 fully saturated rings. The van der Waals surface area contributed by atoms with Crippen LogP contribution in [0.2, 0.25) is 0 Å². The summed E-state index contributed by atoms with van der Waals surface area (Å²) in [6, 6.07) is 8.25. The summed E-state index contributed by atoms with van der Waals surface area (Å²) in [5, 5.41) is 10.5. The number of hydrogen-bond donors (Lipinski definition) is 1.